The number of hydrogen-bond donors (Lipinski definition) is 10. The number of carbonyl (C=O) groups is 10. The zero-order valence-corrected chi connectivity index (χ0v) is 60.9. The Morgan fingerprint density at radius 1 is 0.646 bits per heavy atom. The average Bonchev–Trinajstić information content (AvgIpc) is 1.68. The number of fused-ring (bicyclic) bond motifs is 2. The fourth-order valence-corrected chi connectivity index (χ4v) is 7.02. The highest BCUT2D eigenvalue weighted by molar-refractivity contribution is 7.20. The molecule has 32 nitrogen and oxygen atoms in total. The summed E-state index contributed by atoms with van der Waals surface area (Å²) < 4.78 is 13.6. The number of nitrogens with zero attached hydrogens (tertiary/aromatic N) is 5. The maximum Gasteiger partial charge on any atom is 0.413 e. The molecule has 1 atom stereocenters. The van der Waals surface area contributed by atoms with Crippen LogP contribution in [0, 0.1) is 0 Å². The van der Waals surface area contributed by atoms with Crippen LogP contribution in [0.4, 0.5) is 19.9 Å². The summed E-state index contributed by atoms with van der Waals surface area (Å²) in [6.07, 6.45) is -2.79. The molecule has 0 saturated carbocycles. The highest BCUT2D eigenvalue weighted by Crippen LogP contribution is 2.31. The second-order valence-electron chi connectivity index (χ2n) is 20.0. The van der Waals surface area contributed by atoms with Gasteiger partial charge < -0.3 is 44.0 Å². The number of hydrazine groups is 1. The quantitative estimate of drug-likeness (QED) is 0.00568. The van der Waals surface area contributed by atoms with Crippen LogP contribution in [-0.4, -0.2) is 168 Å². The van der Waals surface area contributed by atoms with E-state index in [-0.39, 0.29) is 82.4 Å². The number of rotatable bonds is 13. The number of hydroxylamine groups is 4. The molecule has 13 N–H and O–H groups in total. The number of nitrogens with one attached hydrogen (secondary N) is 3. The minimum Gasteiger partial charge on any atom is -0.542 e. The van der Waals surface area contributed by atoms with Crippen molar-refractivity contribution >= 4 is 153 Å². The van der Waals surface area contributed by atoms with Gasteiger partial charge in [0, 0.05) is 0 Å². The second kappa shape index (κ2) is 51.9. The maximum absolute atomic E-state index is 11.7. The van der Waals surface area contributed by atoms with Crippen molar-refractivity contribution in [1.82, 2.24) is 25.5 Å². The predicted octanol–water partition coefficient (Wildman–Crippen LogP) is 9.96. The topological polar surface area (TPSA) is 475 Å². The number of anilines is 2. The maximum atomic E-state index is 11.7. The summed E-state index contributed by atoms with van der Waals surface area (Å²) in [5.41, 5.74) is 1.26. The first kappa shape index (κ1) is 97.4. The molecule has 0 bridgehead atoms. The van der Waals surface area contributed by atoms with Crippen LogP contribution < -0.4 is 33.7 Å². The molecule has 6 amide bonds. The number of carbonyl (C=O) groups excluding carboxylic acids is 8. The number of thiazole rings is 2. The number of oxime groups is 1. The van der Waals surface area contributed by atoms with Crippen molar-refractivity contribution in [2.75, 3.05) is 23.0 Å². The number of nitrogens with two attached hydrogens (primary N) is 3. The zero-order chi connectivity index (χ0) is 76.1. The summed E-state index contributed by atoms with van der Waals surface area (Å²) in [7, 11) is 6.02. The molecule has 0 fully saturated rings. The second-order valence-corrected chi connectivity index (χ2v) is 24.0. The van der Waals surface area contributed by atoms with Gasteiger partial charge in [0.25, 0.3) is 29.4 Å². The Morgan fingerprint density at radius 2 is 0.958 bits per heavy atom. The molecule has 4 heterocycles. The molecule has 2 aromatic carbocycles. The Hall–Kier alpha value is -7.33. The van der Waals surface area contributed by atoms with Gasteiger partial charge in [-0.05, 0) is 135 Å². The van der Waals surface area contributed by atoms with Crippen LogP contribution in [0.25, 0.3) is 0 Å². The van der Waals surface area contributed by atoms with Crippen molar-refractivity contribution in [3.05, 3.63) is 104 Å². The Balaban J connectivity index is -0.000000344. The van der Waals surface area contributed by atoms with Crippen LogP contribution in [0.1, 0.15) is 175 Å². The van der Waals surface area contributed by atoms with Gasteiger partial charge in [-0.1, -0.05) is 89.1 Å². The number of ketones is 1. The summed E-state index contributed by atoms with van der Waals surface area (Å²) in [4.78, 5) is 138. The molecular weight excluding hydrogens is 1390 g/mol. The summed E-state index contributed by atoms with van der Waals surface area (Å²) in [6, 6.07) is 13.0. The van der Waals surface area contributed by atoms with Crippen LogP contribution in [0.3, 0.4) is 0 Å². The summed E-state index contributed by atoms with van der Waals surface area (Å²) in [5, 5.41) is 44.4. The number of halogens is 4. The number of ether oxygens (including phenoxy) is 2. The molecule has 4 aromatic rings. The summed E-state index contributed by atoms with van der Waals surface area (Å²) >= 11 is 22.9. The third-order valence-corrected chi connectivity index (χ3v) is 10.8. The number of aliphatic carboxylic acids is 2. The molecule has 0 aliphatic carbocycles. The highest BCUT2D eigenvalue weighted by Gasteiger charge is 2.37. The van der Waals surface area contributed by atoms with Gasteiger partial charge >= 0.3 is 38.1 Å². The molecule has 39 heteroatoms. The van der Waals surface area contributed by atoms with E-state index in [1.54, 1.807) is 113 Å². The van der Waals surface area contributed by atoms with E-state index in [1.807, 2.05) is 41.5 Å². The van der Waals surface area contributed by atoms with E-state index < -0.39 is 76.4 Å². The third-order valence-electron chi connectivity index (χ3n) is 8.43. The number of benzene rings is 2. The first-order valence-electron chi connectivity index (χ1n) is 27.7. The fourth-order valence-electron chi connectivity index (χ4n) is 4.97. The predicted molar refractivity (Wildman–Crippen MR) is 365 cm³/mol. The van der Waals surface area contributed by atoms with E-state index in [2.05, 4.69) is 84.4 Å². The molecule has 2 aliphatic heterocycles. The number of alkyl halides is 2. The Morgan fingerprint density at radius 3 is 1.21 bits per heavy atom. The van der Waals surface area contributed by atoms with Crippen molar-refractivity contribution in [2.45, 2.75) is 159 Å². The monoisotopic (exact) mass is 1480 g/mol. The molecule has 538 valence electrons. The largest absolute Gasteiger partial charge is 0.542 e. The average molecular weight is 1480 g/mol. The molecule has 96 heavy (non-hydrogen) atoms. The zero-order valence-electron chi connectivity index (χ0n) is 56.2. The lowest BCUT2D eigenvalue weighted by Gasteiger charge is -2.18. The van der Waals surface area contributed by atoms with Gasteiger partial charge in [-0.15, -0.1) is 46.5 Å². The minimum absolute atomic E-state index is 0.0103. The normalized spacial score (nSPS) is 11.8. The van der Waals surface area contributed by atoms with E-state index in [1.165, 1.54) is 19.1 Å². The number of hydrogen-bond acceptors (Lipinski definition) is 28. The fraction of sp³-hybridized carbons (Fsp3) is 0.456. The number of aliphatic hydroxyl groups excluding tert-OH is 1. The lowest BCUT2D eigenvalue weighted by molar-refractivity contribution is -0.142. The SMILES string of the molecule is C=C.CC.CC(C)(C)OC(=O)Nc1nc(C(=O)C(=O)O)c(Cl)s1.CC(C)O/N=C(\C(=O)O)c1nc(NC(=O)OC(C)(C)C)sc1Cl.CC(C)ON.CC(C)ON.CC(C)ON1C(=O)c2ccccc2C1=O.CNN.ClCCl.O=C1c2ccccc2C(=O)N1O.[B]OC(=O)[C@@H](C)O. The third kappa shape index (κ3) is 41.6. The molecular formula is C57H86BCl4N11O21S2. The van der Waals surface area contributed by atoms with E-state index in [0.717, 1.165) is 27.7 Å². The molecule has 2 aromatic heterocycles. The van der Waals surface area contributed by atoms with Gasteiger partial charge in [0.05, 0.1) is 45.9 Å². The summed E-state index contributed by atoms with van der Waals surface area (Å²) in [6.45, 7) is 35.9. The number of imide groups is 2. The summed E-state index contributed by atoms with van der Waals surface area (Å²) in [5.74, 6) is 6.78. The number of amides is 6. The van der Waals surface area contributed by atoms with Crippen molar-refractivity contribution in [3.8, 4) is 0 Å². The van der Waals surface area contributed by atoms with Crippen LogP contribution in [0.15, 0.2) is 66.8 Å². The van der Waals surface area contributed by atoms with E-state index in [9.17, 15) is 53.1 Å². The number of aromatic nitrogens is 2. The minimum atomic E-state index is -1.67. The van der Waals surface area contributed by atoms with E-state index in [0.29, 0.717) is 11.1 Å². The van der Waals surface area contributed by atoms with Crippen molar-refractivity contribution in [3.63, 3.8) is 0 Å². The lowest BCUT2D eigenvalue weighted by atomic mass is 10.1. The standard InChI is InChI=1S/C13H18ClN3O5S.C11H11NO3.C10H11ClN2O5S.C8H5NO3.C3H5BO3.2C3H9NO.C2H6.C2H4.CH2Cl2.CH6N2/c1-6(2)22-17-8(10(18)19)7-9(14)23-11(15-7)16-12(20)21-13(3,4)5;1-7(2)15-12-10(13)8-5-3-4-6-9(8)11(12)14;1-10(2,3)18-9(17)13-8-12-4(6(11)19-8)5(14)7(15)16;10-7-5-3-1-2-4-6(5)8(11)9(7)12;1-2(5)3(6)7-4;2*1-3(2)5-4;2*1-2;2-1-3;1-3-2/h6H,1-5H3,(H,18,19)(H,15,16,20);3-7H,1-2H3;1-3H3,(H,15,16)(H,12,13,17);1-4,12H;2,5H,1H3;2*3H,4H2,1-2H3;1-2H3;1-2H2;1H2;3H,2H2,1H3/b17-8-;;;;;;;;;;/t;;;;2-;;;;;;/m....1....../s1. The van der Waals surface area contributed by atoms with Crippen molar-refractivity contribution in [1.29, 1.82) is 0 Å². The Kier molecular flexibility index (Phi) is 52.6. The molecule has 0 unspecified atom stereocenters. The Labute approximate surface area is 586 Å². The van der Waals surface area contributed by atoms with Crippen molar-refractivity contribution in [2.24, 2.45) is 22.8 Å². The van der Waals surface area contributed by atoms with Gasteiger partial charge in [0.1, 0.15) is 37.8 Å². The number of aliphatic hydroxyl groups is 1. The van der Waals surface area contributed by atoms with Gasteiger partial charge in [0.2, 0.25) is 5.71 Å². The van der Waals surface area contributed by atoms with Crippen LogP contribution in [0.2, 0.25) is 8.67 Å². The van der Waals surface area contributed by atoms with Crippen LogP contribution >= 0.6 is 69.1 Å². The smallest absolute Gasteiger partial charge is 0.413 e. The molecule has 2 radical (unpaired) electrons. The van der Waals surface area contributed by atoms with Crippen LogP contribution in [-0.2, 0) is 47.9 Å². The highest BCUT2D eigenvalue weighted by atomic mass is 35.5. The van der Waals surface area contributed by atoms with Gasteiger partial charge in [-0.25, -0.2) is 40.9 Å². The number of Topliss-reactive ketones (excluding diaryl/α,β-unsaturated/α-hetero) is 1. The lowest BCUT2D eigenvalue weighted by Crippen LogP contribution is -2.32. The van der Waals surface area contributed by atoms with Gasteiger partial charge in [-0.3, -0.25) is 60.7 Å². The van der Waals surface area contributed by atoms with E-state index in [4.69, 9.17) is 81.0 Å². The first-order chi connectivity index (χ1) is 44.5. The first-order valence-corrected chi connectivity index (χ1v) is 31.1. The molecule has 0 spiro atoms. The van der Waals surface area contributed by atoms with Gasteiger partial charge in [-0.2, -0.15) is 0 Å². The Bertz CT molecular complexity index is 3010. The molecule has 0 saturated heterocycles. The van der Waals surface area contributed by atoms with Gasteiger partial charge in [0.15, 0.2) is 16.0 Å². The number of carboxylic acid groups (broad SMARTS) is 2. The molecule has 6 rings (SSSR count). The van der Waals surface area contributed by atoms with Crippen LogP contribution in [0.5, 0.6) is 0 Å². The van der Waals surface area contributed by atoms with Crippen molar-refractivity contribution < 1.29 is 102 Å². The molecule has 2 aliphatic rings. The number of carboxylic acids is 2. The van der Waals surface area contributed by atoms with E-state index >= 15 is 0 Å².